The molecule has 2 heterocycles. The lowest BCUT2D eigenvalue weighted by atomic mass is 9.93. The van der Waals surface area contributed by atoms with Gasteiger partial charge in [0.05, 0.1) is 25.1 Å². The number of methoxy groups -OCH3 is 1. The molecule has 7 nitrogen and oxygen atoms in total. The van der Waals surface area contributed by atoms with Gasteiger partial charge in [0.25, 0.3) is 0 Å². The Balaban J connectivity index is 1.66. The Morgan fingerprint density at radius 3 is 2.53 bits per heavy atom. The predicted molar refractivity (Wildman–Crippen MR) is 112 cm³/mol. The van der Waals surface area contributed by atoms with Crippen LogP contribution in [0.5, 0.6) is 11.5 Å². The Morgan fingerprint density at radius 1 is 1.10 bits per heavy atom. The van der Waals surface area contributed by atoms with Crippen LogP contribution in [-0.2, 0) is 21.4 Å². The number of sulfonamides is 1. The molecule has 0 aliphatic carbocycles. The van der Waals surface area contributed by atoms with Gasteiger partial charge in [-0.15, -0.1) is 0 Å². The summed E-state index contributed by atoms with van der Waals surface area (Å²) in [6.07, 6.45) is 1.34. The van der Waals surface area contributed by atoms with Crippen molar-refractivity contribution in [2.75, 3.05) is 26.7 Å². The highest BCUT2D eigenvalue weighted by molar-refractivity contribution is 7.89. The molecule has 4 rings (SSSR count). The standard InChI is InChI=1S/C22H26N2O5S/c1-17(25)23-14-18-6-3-4-7-21(18)29-22(15-23)12-5-13-24(16-22)30(26,27)20-10-8-19(28-2)9-11-20/h3-4,6-11H,5,12-16H2,1-2H3. The van der Waals surface area contributed by atoms with Gasteiger partial charge in [0.2, 0.25) is 15.9 Å². The van der Waals surface area contributed by atoms with E-state index in [0.29, 0.717) is 44.0 Å². The Labute approximate surface area is 177 Å². The molecule has 2 aromatic rings. The lowest BCUT2D eigenvalue weighted by molar-refractivity contribution is -0.132. The zero-order valence-electron chi connectivity index (χ0n) is 17.2. The molecule has 0 radical (unpaired) electrons. The molecule has 1 amide bonds. The van der Waals surface area contributed by atoms with Gasteiger partial charge >= 0.3 is 0 Å². The van der Waals surface area contributed by atoms with Crippen molar-refractivity contribution in [3.63, 3.8) is 0 Å². The van der Waals surface area contributed by atoms with Crippen LogP contribution in [0.1, 0.15) is 25.3 Å². The van der Waals surface area contributed by atoms with Crippen molar-refractivity contribution in [2.45, 2.75) is 36.8 Å². The van der Waals surface area contributed by atoms with E-state index in [0.717, 1.165) is 5.56 Å². The predicted octanol–water partition coefficient (Wildman–Crippen LogP) is 2.66. The van der Waals surface area contributed by atoms with Crippen molar-refractivity contribution in [3.8, 4) is 11.5 Å². The Hall–Kier alpha value is -2.58. The molecule has 1 atom stereocenters. The van der Waals surface area contributed by atoms with E-state index in [2.05, 4.69) is 0 Å². The van der Waals surface area contributed by atoms with E-state index in [1.807, 2.05) is 24.3 Å². The van der Waals surface area contributed by atoms with Gasteiger partial charge in [-0.05, 0) is 43.2 Å². The zero-order valence-corrected chi connectivity index (χ0v) is 18.0. The number of hydrogen-bond donors (Lipinski definition) is 0. The summed E-state index contributed by atoms with van der Waals surface area (Å²) in [5.41, 5.74) is 0.149. The largest absolute Gasteiger partial charge is 0.497 e. The second-order valence-corrected chi connectivity index (χ2v) is 9.82. The summed E-state index contributed by atoms with van der Waals surface area (Å²) in [5.74, 6) is 1.26. The number of carbonyl (C=O) groups is 1. The number of piperidine rings is 1. The molecule has 0 N–H and O–H groups in total. The van der Waals surface area contributed by atoms with Gasteiger partial charge in [0.1, 0.15) is 17.1 Å². The summed E-state index contributed by atoms with van der Waals surface area (Å²) >= 11 is 0. The van der Waals surface area contributed by atoms with Gasteiger partial charge in [-0.3, -0.25) is 4.79 Å². The van der Waals surface area contributed by atoms with Crippen LogP contribution < -0.4 is 9.47 Å². The summed E-state index contributed by atoms with van der Waals surface area (Å²) in [6.45, 7) is 2.96. The topological polar surface area (TPSA) is 76.2 Å². The summed E-state index contributed by atoms with van der Waals surface area (Å²) in [4.78, 5) is 14.2. The Kier molecular flexibility index (Phi) is 5.46. The second-order valence-electron chi connectivity index (χ2n) is 7.89. The van der Waals surface area contributed by atoms with E-state index in [4.69, 9.17) is 9.47 Å². The molecule has 2 aliphatic rings. The smallest absolute Gasteiger partial charge is 0.243 e. The number of hydrogen-bond acceptors (Lipinski definition) is 5. The number of ether oxygens (including phenoxy) is 2. The van der Waals surface area contributed by atoms with Gasteiger partial charge in [-0.2, -0.15) is 4.31 Å². The number of amides is 1. The summed E-state index contributed by atoms with van der Waals surface area (Å²) in [5, 5.41) is 0. The fourth-order valence-corrected chi connectivity index (χ4v) is 5.76. The van der Waals surface area contributed by atoms with E-state index < -0.39 is 15.6 Å². The molecule has 2 aliphatic heterocycles. The monoisotopic (exact) mass is 430 g/mol. The maximum atomic E-state index is 13.3. The molecule has 30 heavy (non-hydrogen) atoms. The van der Waals surface area contributed by atoms with Crippen molar-refractivity contribution in [2.24, 2.45) is 0 Å². The van der Waals surface area contributed by atoms with Crippen molar-refractivity contribution in [1.29, 1.82) is 0 Å². The van der Waals surface area contributed by atoms with Gasteiger partial charge < -0.3 is 14.4 Å². The summed E-state index contributed by atoms with van der Waals surface area (Å²) < 4.78 is 39.7. The first-order valence-electron chi connectivity index (χ1n) is 10.00. The fraction of sp³-hybridized carbons (Fsp3) is 0.409. The first kappa shape index (κ1) is 20.7. The number of fused-ring (bicyclic) bond motifs is 1. The average molecular weight is 431 g/mol. The molecule has 160 valence electrons. The van der Waals surface area contributed by atoms with Crippen LogP contribution in [-0.4, -0.2) is 55.9 Å². The first-order chi connectivity index (χ1) is 14.3. The minimum Gasteiger partial charge on any atom is -0.497 e. The highest BCUT2D eigenvalue weighted by Gasteiger charge is 2.45. The highest BCUT2D eigenvalue weighted by atomic mass is 32.2. The lowest BCUT2D eigenvalue weighted by Gasteiger charge is -2.43. The van der Waals surface area contributed by atoms with E-state index in [-0.39, 0.29) is 17.3 Å². The van der Waals surface area contributed by atoms with E-state index >= 15 is 0 Å². The fourth-order valence-electron chi connectivity index (χ4n) is 4.20. The third kappa shape index (κ3) is 3.89. The number of carbonyl (C=O) groups excluding carboxylic acids is 1. The second kappa shape index (κ2) is 7.92. The summed E-state index contributed by atoms with van der Waals surface area (Å²) in [6, 6.07) is 14.0. The third-order valence-electron chi connectivity index (χ3n) is 5.79. The minimum absolute atomic E-state index is 0.0511. The van der Waals surface area contributed by atoms with E-state index in [9.17, 15) is 13.2 Å². The van der Waals surface area contributed by atoms with Crippen LogP contribution in [0.25, 0.3) is 0 Å². The van der Waals surface area contributed by atoms with Crippen LogP contribution in [0.3, 0.4) is 0 Å². The van der Waals surface area contributed by atoms with Gasteiger partial charge in [0.15, 0.2) is 0 Å². The third-order valence-corrected chi connectivity index (χ3v) is 7.65. The molecular formula is C22H26N2O5S. The number of nitrogens with zero attached hydrogens (tertiary/aromatic N) is 2. The van der Waals surface area contributed by atoms with Gasteiger partial charge in [-0.25, -0.2) is 8.42 Å². The molecule has 0 aromatic heterocycles. The molecule has 1 unspecified atom stereocenters. The Morgan fingerprint density at radius 2 is 1.83 bits per heavy atom. The summed E-state index contributed by atoms with van der Waals surface area (Å²) in [7, 11) is -2.15. The van der Waals surface area contributed by atoms with E-state index in [1.54, 1.807) is 36.3 Å². The molecule has 8 heteroatoms. The molecule has 2 aromatic carbocycles. The highest BCUT2D eigenvalue weighted by Crippen LogP contribution is 2.36. The zero-order chi connectivity index (χ0) is 21.4. The molecule has 1 fully saturated rings. The molecule has 0 saturated carbocycles. The molecule has 1 saturated heterocycles. The van der Waals surface area contributed by atoms with Crippen LogP contribution in [0.4, 0.5) is 0 Å². The maximum absolute atomic E-state index is 13.3. The van der Waals surface area contributed by atoms with Crippen molar-refractivity contribution in [1.82, 2.24) is 9.21 Å². The van der Waals surface area contributed by atoms with Gasteiger partial charge in [0, 0.05) is 25.6 Å². The normalized spacial score (nSPS) is 22.1. The lowest BCUT2D eigenvalue weighted by Crippen LogP contribution is -2.58. The number of benzene rings is 2. The molecular weight excluding hydrogens is 404 g/mol. The first-order valence-corrected chi connectivity index (χ1v) is 11.4. The van der Waals surface area contributed by atoms with Crippen molar-refractivity contribution in [3.05, 3.63) is 54.1 Å². The minimum atomic E-state index is -3.70. The van der Waals surface area contributed by atoms with Gasteiger partial charge in [-0.1, -0.05) is 18.2 Å². The molecule has 1 spiro atoms. The van der Waals surface area contributed by atoms with Crippen molar-refractivity contribution < 1.29 is 22.7 Å². The Bertz CT molecular complexity index is 1040. The van der Waals surface area contributed by atoms with E-state index in [1.165, 1.54) is 11.2 Å². The van der Waals surface area contributed by atoms with Crippen LogP contribution in [0.15, 0.2) is 53.4 Å². The number of para-hydroxylation sites is 1. The average Bonchev–Trinajstić information content (AvgIpc) is 2.90. The van der Waals surface area contributed by atoms with Crippen LogP contribution in [0, 0.1) is 0 Å². The quantitative estimate of drug-likeness (QED) is 0.748. The van der Waals surface area contributed by atoms with Crippen LogP contribution in [0.2, 0.25) is 0 Å². The van der Waals surface area contributed by atoms with Crippen molar-refractivity contribution >= 4 is 15.9 Å². The maximum Gasteiger partial charge on any atom is 0.243 e. The van der Waals surface area contributed by atoms with Crippen LogP contribution >= 0.6 is 0 Å². The molecule has 0 bridgehead atoms. The number of rotatable bonds is 3. The SMILES string of the molecule is COc1ccc(S(=O)(=O)N2CCCC3(CN(C(C)=O)Cc4ccccc4O3)C2)cc1.